The second kappa shape index (κ2) is 8.62. The summed E-state index contributed by atoms with van der Waals surface area (Å²) in [6, 6.07) is 12.8. The Kier molecular flexibility index (Phi) is 6.01. The minimum absolute atomic E-state index is 0.662. The van der Waals surface area contributed by atoms with Crippen LogP contribution in [0.2, 0.25) is 0 Å². The summed E-state index contributed by atoms with van der Waals surface area (Å²) in [6.07, 6.45) is 3.02. The summed E-state index contributed by atoms with van der Waals surface area (Å²) >= 11 is 0. The smallest absolute Gasteiger partial charge is 0.191 e. The first-order valence-corrected chi connectivity index (χ1v) is 9.25. The Morgan fingerprint density at radius 2 is 1.81 bits per heavy atom. The van der Waals surface area contributed by atoms with Crippen LogP contribution in [-0.2, 0) is 13.0 Å². The quantitative estimate of drug-likeness (QED) is 0.462. The maximum atomic E-state index is 5.47. The Bertz CT molecular complexity index is 943. The molecule has 0 radical (unpaired) electrons. The monoisotopic (exact) mass is 364 g/mol. The molecule has 0 aliphatic carbocycles. The largest absolute Gasteiger partial charge is 0.496 e. The highest BCUT2D eigenvalue weighted by molar-refractivity contribution is 5.84. The van der Waals surface area contributed by atoms with Gasteiger partial charge in [0.2, 0.25) is 0 Å². The van der Waals surface area contributed by atoms with E-state index in [0.717, 1.165) is 30.2 Å². The van der Waals surface area contributed by atoms with Crippen LogP contribution < -0.4 is 15.4 Å². The summed E-state index contributed by atoms with van der Waals surface area (Å²) in [5, 5.41) is 8.03. The molecule has 0 bridgehead atoms. The van der Waals surface area contributed by atoms with Crippen molar-refractivity contribution in [1.29, 1.82) is 0 Å². The number of nitrogens with zero attached hydrogens (tertiary/aromatic N) is 1. The molecular weight excluding hydrogens is 336 g/mol. The van der Waals surface area contributed by atoms with E-state index in [1.165, 1.54) is 27.6 Å². The molecule has 0 aliphatic rings. The summed E-state index contributed by atoms with van der Waals surface area (Å²) in [7, 11) is 3.49. The van der Waals surface area contributed by atoms with Crippen LogP contribution in [0.3, 0.4) is 0 Å². The van der Waals surface area contributed by atoms with Gasteiger partial charge in [0, 0.05) is 42.8 Å². The van der Waals surface area contributed by atoms with E-state index in [1.807, 2.05) is 6.07 Å². The Balaban J connectivity index is 1.55. The number of benzene rings is 2. The van der Waals surface area contributed by atoms with Crippen molar-refractivity contribution in [1.82, 2.24) is 15.6 Å². The second-order valence-corrected chi connectivity index (χ2v) is 6.78. The first-order chi connectivity index (χ1) is 13.1. The van der Waals surface area contributed by atoms with E-state index < -0.39 is 0 Å². The molecule has 2 aromatic carbocycles. The van der Waals surface area contributed by atoms with Crippen molar-refractivity contribution in [2.45, 2.75) is 26.8 Å². The Hall–Kier alpha value is -2.95. The van der Waals surface area contributed by atoms with Crippen LogP contribution in [0, 0.1) is 13.8 Å². The Morgan fingerprint density at radius 1 is 1.04 bits per heavy atom. The third kappa shape index (κ3) is 4.61. The van der Waals surface area contributed by atoms with Crippen molar-refractivity contribution in [2.24, 2.45) is 4.99 Å². The fraction of sp³-hybridized carbons (Fsp3) is 0.318. The zero-order valence-electron chi connectivity index (χ0n) is 16.5. The predicted molar refractivity (Wildman–Crippen MR) is 113 cm³/mol. The molecule has 0 spiro atoms. The molecule has 27 heavy (non-hydrogen) atoms. The van der Waals surface area contributed by atoms with Gasteiger partial charge in [-0.15, -0.1) is 0 Å². The molecule has 3 rings (SSSR count). The number of aromatic amines is 1. The number of aliphatic imine (C=N–C) groups is 1. The zero-order chi connectivity index (χ0) is 19.2. The highest BCUT2D eigenvalue weighted by Gasteiger charge is 2.06. The molecule has 0 amide bonds. The maximum absolute atomic E-state index is 5.47. The fourth-order valence-corrected chi connectivity index (χ4v) is 3.22. The van der Waals surface area contributed by atoms with Gasteiger partial charge >= 0.3 is 0 Å². The number of H-pyrrole nitrogens is 1. The van der Waals surface area contributed by atoms with E-state index in [0.29, 0.717) is 6.54 Å². The van der Waals surface area contributed by atoms with Crippen LogP contribution in [-0.4, -0.2) is 31.6 Å². The third-order valence-electron chi connectivity index (χ3n) is 4.72. The van der Waals surface area contributed by atoms with Crippen molar-refractivity contribution >= 4 is 16.9 Å². The molecule has 3 aromatic rings. The van der Waals surface area contributed by atoms with E-state index in [9.17, 15) is 0 Å². The van der Waals surface area contributed by atoms with Gasteiger partial charge in [-0.25, -0.2) is 0 Å². The molecular formula is C22H28N4O. The number of aryl methyl sites for hydroxylation is 2. The molecule has 142 valence electrons. The molecule has 5 heteroatoms. The summed E-state index contributed by atoms with van der Waals surface area (Å²) in [5.74, 6) is 1.68. The number of hydrogen-bond acceptors (Lipinski definition) is 2. The summed E-state index contributed by atoms with van der Waals surface area (Å²) in [4.78, 5) is 7.67. The van der Waals surface area contributed by atoms with Crippen LogP contribution in [0.1, 0.15) is 22.3 Å². The van der Waals surface area contributed by atoms with E-state index in [2.05, 4.69) is 71.0 Å². The number of fused-ring (bicyclic) bond motifs is 1. The predicted octanol–water partition coefficient (Wildman–Crippen LogP) is 3.70. The normalized spacial score (nSPS) is 11.6. The first kappa shape index (κ1) is 18.8. The lowest BCUT2D eigenvalue weighted by Crippen LogP contribution is -2.37. The van der Waals surface area contributed by atoms with E-state index >= 15 is 0 Å². The molecule has 0 saturated heterocycles. The Morgan fingerprint density at radius 3 is 2.59 bits per heavy atom. The van der Waals surface area contributed by atoms with Crippen LogP contribution in [0.25, 0.3) is 10.9 Å². The molecule has 0 saturated carbocycles. The highest BCUT2D eigenvalue weighted by Crippen LogP contribution is 2.20. The van der Waals surface area contributed by atoms with Gasteiger partial charge in [0.05, 0.1) is 7.11 Å². The van der Waals surface area contributed by atoms with Crippen molar-refractivity contribution in [2.75, 3.05) is 20.7 Å². The summed E-state index contributed by atoms with van der Waals surface area (Å²) in [5.41, 5.74) is 6.07. The fourth-order valence-electron chi connectivity index (χ4n) is 3.22. The van der Waals surface area contributed by atoms with Crippen molar-refractivity contribution < 1.29 is 4.74 Å². The Labute approximate surface area is 160 Å². The van der Waals surface area contributed by atoms with Crippen LogP contribution in [0.5, 0.6) is 5.75 Å². The maximum Gasteiger partial charge on any atom is 0.191 e. The lowest BCUT2D eigenvalue weighted by molar-refractivity contribution is 0.408. The molecule has 1 heterocycles. The minimum atomic E-state index is 0.662. The van der Waals surface area contributed by atoms with Gasteiger partial charge in [-0.2, -0.15) is 0 Å². The molecule has 0 fully saturated rings. The van der Waals surface area contributed by atoms with Crippen molar-refractivity contribution in [3.63, 3.8) is 0 Å². The second-order valence-electron chi connectivity index (χ2n) is 6.78. The van der Waals surface area contributed by atoms with Gasteiger partial charge in [-0.05, 0) is 49.1 Å². The molecule has 0 aliphatic heterocycles. The van der Waals surface area contributed by atoms with Crippen LogP contribution in [0.4, 0.5) is 0 Å². The van der Waals surface area contributed by atoms with Crippen molar-refractivity contribution in [3.8, 4) is 5.75 Å². The zero-order valence-corrected chi connectivity index (χ0v) is 16.5. The third-order valence-corrected chi connectivity index (χ3v) is 4.72. The van der Waals surface area contributed by atoms with Gasteiger partial charge in [-0.1, -0.05) is 24.3 Å². The molecule has 1 aromatic heterocycles. The number of aromatic nitrogens is 1. The molecule has 5 nitrogen and oxygen atoms in total. The number of guanidine groups is 1. The number of rotatable bonds is 6. The van der Waals surface area contributed by atoms with E-state index in [1.54, 1.807) is 14.2 Å². The summed E-state index contributed by atoms with van der Waals surface area (Å²) < 4.78 is 5.47. The first-order valence-electron chi connectivity index (χ1n) is 9.25. The summed E-state index contributed by atoms with van der Waals surface area (Å²) in [6.45, 7) is 5.65. The average Bonchev–Trinajstić information content (AvgIpc) is 3.07. The van der Waals surface area contributed by atoms with Gasteiger partial charge in [0.1, 0.15) is 5.75 Å². The average molecular weight is 364 g/mol. The number of ether oxygens (including phenoxy) is 1. The number of nitrogens with one attached hydrogen (secondary N) is 3. The SMILES string of the molecule is CN=C(NCCc1c[nH]c2cc(C)ccc12)NCc1ccc(C)cc1OC. The van der Waals surface area contributed by atoms with Gasteiger partial charge in [-0.3, -0.25) is 4.99 Å². The van der Waals surface area contributed by atoms with Crippen LogP contribution in [0.15, 0.2) is 47.6 Å². The standard InChI is InChI=1S/C22H28N4O/c1-15-6-8-19-17(13-25-20(19)11-15)9-10-24-22(23-3)26-14-18-7-5-16(2)12-21(18)27-4/h5-8,11-13,25H,9-10,14H2,1-4H3,(H2,23,24,26). The number of hydrogen-bond donors (Lipinski definition) is 3. The minimum Gasteiger partial charge on any atom is -0.496 e. The molecule has 0 unspecified atom stereocenters. The highest BCUT2D eigenvalue weighted by atomic mass is 16.5. The lowest BCUT2D eigenvalue weighted by atomic mass is 10.1. The number of methoxy groups -OCH3 is 1. The van der Waals surface area contributed by atoms with Crippen molar-refractivity contribution in [3.05, 3.63) is 64.8 Å². The van der Waals surface area contributed by atoms with Gasteiger partial charge < -0.3 is 20.4 Å². The van der Waals surface area contributed by atoms with E-state index in [-0.39, 0.29) is 0 Å². The van der Waals surface area contributed by atoms with Crippen LogP contribution >= 0.6 is 0 Å². The van der Waals surface area contributed by atoms with E-state index in [4.69, 9.17) is 4.74 Å². The van der Waals surface area contributed by atoms with Gasteiger partial charge in [0.15, 0.2) is 5.96 Å². The topological polar surface area (TPSA) is 61.4 Å². The van der Waals surface area contributed by atoms with Gasteiger partial charge in [0.25, 0.3) is 0 Å². The molecule has 0 atom stereocenters. The molecule has 3 N–H and O–H groups in total. The lowest BCUT2D eigenvalue weighted by Gasteiger charge is -2.14.